The highest BCUT2D eigenvalue weighted by Gasteiger charge is 2.16. The second kappa shape index (κ2) is 15.1. The molecule has 0 aliphatic rings. The Labute approximate surface area is 350 Å². The summed E-state index contributed by atoms with van der Waals surface area (Å²) in [5.41, 5.74) is 16.5. The van der Waals surface area contributed by atoms with E-state index in [0.717, 1.165) is 22.7 Å². The Hall–Kier alpha value is -7.94. The van der Waals surface area contributed by atoms with Gasteiger partial charge in [0.2, 0.25) is 0 Å². The molecule has 0 bridgehead atoms. The fourth-order valence-electron chi connectivity index (χ4n) is 8.82. The number of anilines is 3. The third kappa shape index (κ3) is 6.41. The molecule has 0 aliphatic heterocycles. The molecule has 0 atom stereocenters. The molecule has 0 N–H and O–H groups in total. The summed E-state index contributed by atoms with van der Waals surface area (Å²) < 4.78 is 2.37. The second-order valence-corrected chi connectivity index (χ2v) is 15.4. The van der Waals surface area contributed by atoms with Gasteiger partial charge in [-0.05, 0) is 128 Å². The minimum atomic E-state index is 1.10. The minimum absolute atomic E-state index is 1.10. The fourth-order valence-corrected chi connectivity index (χ4v) is 8.82. The molecule has 1 heterocycles. The Morgan fingerprint density at radius 3 is 1.37 bits per heavy atom. The van der Waals surface area contributed by atoms with Crippen LogP contribution in [-0.4, -0.2) is 4.57 Å². The SMILES string of the molecule is c1ccc(-c2cc(-c3ccc(N(c4ccccc4)c4ccc(-c5ccc(-n6c7ccccc7c7ccccc76)cc5)cc4)cc3)ccc2-c2ccc3ccccc3c2)cc1. The molecule has 2 heteroatoms. The number of para-hydroxylation sites is 3. The summed E-state index contributed by atoms with van der Waals surface area (Å²) in [6.45, 7) is 0. The largest absolute Gasteiger partial charge is 0.311 e. The first-order valence-electron chi connectivity index (χ1n) is 20.6. The number of hydrogen-bond acceptors (Lipinski definition) is 1. The molecule has 11 rings (SSSR count). The zero-order valence-electron chi connectivity index (χ0n) is 33.0. The van der Waals surface area contributed by atoms with Crippen molar-refractivity contribution in [3.05, 3.63) is 243 Å². The van der Waals surface area contributed by atoms with E-state index in [1.165, 1.54) is 77.1 Å². The van der Waals surface area contributed by atoms with Crippen LogP contribution in [0.25, 0.3) is 82.8 Å². The average molecular weight is 765 g/mol. The second-order valence-electron chi connectivity index (χ2n) is 15.4. The fraction of sp³-hybridized carbons (Fsp3) is 0. The quantitative estimate of drug-likeness (QED) is 0.150. The van der Waals surface area contributed by atoms with Crippen LogP contribution in [0.3, 0.4) is 0 Å². The lowest BCUT2D eigenvalue weighted by atomic mass is 9.90. The van der Waals surface area contributed by atoms with Gasteiger partial charge in [-0.3, -0.25) is 0 Å². The maximum atomic E-state index is 2.37. The van der Waals surface area contributed by atoms with E-state index in [2.05, 4.69) is 252 Å². The molecule has 0 radical (unpaired) electrons. The summed E-state index contributed by atoms with van der Waals surface area (Å²) in [4.78, 5) is 2.33. The maximum Gasteiger partial charge on any atom is 0.0541 e. The lowest BCUT2D eigenvalue weighted by molar-refractivity contribution is 1.18. The zero-order valence-corrected chi connectivity index (χ0v) is 33.0. The van der Waals surface area contributed by atoms with Gasteiger partial charge in [0.1, 0.15) is 0 Å². The number of benzene rings is 10. The molecule has 0 aliphatic carbocycles. The van der Waals surface area contributed by atoms with Gasteiger partial charge in [0, 0.05) is 33.5 Å². The molecular formula is C58H40N2. The van der Waals surface area contributed by atoms with Crippen LogP contribution in [0.1, 0.15) is 0 Å². The zero-order chi connectivity index (χ0) is 39.8. The van der Waals surface area contributed by atoms with Crippen molar-refractivity contribution in [1.82, 2.24) is 4.57 Å². The molecule has 0 saturated heterocycles. The lowest BCUT2D eigenvalue weighted by Gasteiger charge is -2.26. The Balaban J connectivity index is 0.907. The molecule has 10 aromatic carbocycles. The Morgan fingerprint density at radius 2 is 0.733 bits per heavy atom. The van der Waals surface area contributed by atoms with E-state index < -0.39 is 0 Å². The van der Waals surface area contributed by atoms with E-state index in [1.54, 1.807) is 0 Å². The third-order valence-corrected chi connectivity index (χ3v) is 11.8. The van der Waals surface area contributed by atoms with Crippen molar-refractivity contribution in [2.75, 3.05) is 4.90 Å². The summed E-state index contributed by atoms with van der Waals surface area (Å²) in [6, 6.07) is 87.8. The minimum Gasteiger partial charge on any atom is -0.311 e. The van der Waals surface area contributed by atoms with Crippen LogP contribution in [0.15, 0.2) is 243 Å². The number of nitrogens with zero attached hydrogens (tertiary/aromatic N) is 2. The van der Waals surface area contributed by atoms with E-state index in [4.69, 9.17) is 0 Å². The number of rotatable bonds is 8. The van der Waals surface area contributed by atoms with E-state index in [9.17, 15) is 0 Å². The van der Waals surface area contributed by atoms with Crippen LogP contribution in [0.4, 0.5) is 17.1 Å². The molecule has 60 heavy (non-hydrogen) atoms. The Morgan fingerprint density at radius 1 is 0.267 bits per heavy atom. The third-order valence-electron chi connectivity index (χ3n) is 11.8. The molecule has 0 fully saturated rings. The Bertz CT molecular complexity index is 3220. The number of aromatic nitrogens is 1. The van der Waals surface area contributed by atoms with E-state index >= 15 is 0 Å². The highest BCUT2D eigenvalue weighted by Crippen LogP contribution is 2.40. The van der Waals surface area contributed by atoms with Gasteiger partial charge in [0.05, 0.1) is 11.0 Å². The first-order chi connectivity index (χ1) is 29.7. The monoisotopic (exact) mass is 764 g/mol. The Kier molecular flexibility index (Phi) is 8.87. The van der Waals surface area contributed by atoms with E-state index in [0.29, 0.717) is 0 Å². The maximum absolute atomic E-state index is 2.37. The van der Waals surface area contributed by atoms with Crippen LogP contribution in [0.5, 0.6) is 0 Å². The van der Waals surface area contributed by atoms with Gasteiger partial charge >= 0.3 is 0 Å². The topological polar surface area (TPSA) is 8.17 Å². The standard InChI is InChI=1S/C58H40N2/c1-3-14-45(15-4-1)56-40-47(31-38-53(56)48-24-23-41-13-7-8-16-46(41)39-48)44-29-34-51(35-30-44)59(49-17-5-2-6-18-49)50-32-25-42(26-33-50)43-27-36-52(37-28-43)60-57-21-11-9-19-54(57)55-20-10-12-22-58(55)60/h1-40H. The predicted octanol–water partition coefficient (Wildman–Crippen LogP) is 16.1. The highest BCUT2D eigenvalue weighted by molar-refractivity contribution is 6.09. The van der Waals surface area contributed by atoms with Gasteiger partial charge in [-0.1, -0.05) is 170 Å². The van der Waals surface area contributed by atoms with E-state index in [-0.39, 0.29) is 0 Å². The average Bonchev–Trinajstić information content (AvgIpc) is 3.67. The van der Waals surface area contributed by atoms with Crippen molar-refractivity contribution >= 4 is 49.6 Å². The van der Waals surface area contributed by atoms with Gasteiger partial charge in [0.25, 0.3) is 0 Å². The normalized spacial score (nSPS) is 11.3. The van der Waals surface area contributed by atoms with Gasteiger partial charge < -0.3 is 9.47 Å². The molecular weight excluding hydrogens is 725 g/mol. The first-order valence-corrected chi connectivity index (χ1v) is 20.6. The summed E-state index contributed by atoms with van der Waals surface area (Å²) in [5, 5.41) is 5.04. The van der Waals surface area contributed by atoms with Crippen LogP contribution in [0, 0.1) is 0 Å². The first kappa shape index (κ1) is 35.2. The van der Waals surface area contributed by atoms with Crippen molar-refractivity contribution in [3.63, 3.8) is 0 Å². The number of hydrogen-bond donors (Lipinski definition) is 0. The van der Waals surface area contributed by atoms with Gasteiger partial charge in [-0.25, -0.2) is 0 Å². The van der Waals surface area contributed by atoms with Crippen molar-refractivity contribution in [2.24, 2.45) is 0 Å². The van der Waals surface area contributed by atoms with Gasteiger partial charge in [0.15, 0.2) is 0 Å². The molecule has 0 amide bonds. The lowest BCUT2D eigenvalue weighted by Crippen LogP contribution is -2.09. The van der Waals surface area contributed by atoms with Crippen molar-refractivity contribution < 1.29 is 0 Å². The van der Waals surface area contributed by atoms with Crippen LogP contribution in [-0.2, 0) is 0 Å². The van der Waals surface area contributed by atoms with Crippen LogP contribution >= 0.6 is 0 Å². The molecule has 0 spiro atoms. The molecule has 1 aromatic heterocycles. The molecule has 0 unspecified atom stereocenters. The molecule has 282 valence electrons. The molecule has 2 nitrogen and oxygen atoms in total. The van der Waals surface area contributed by atoms with Gasteiger partial charge in [-0.2, -0.15) is 0 Å². The predicted molar refractivity (Wildman–Crippen MR) is 255 cm³/mol. The summed E-state index contributed by atoms with van der Waals surface area (Å²) in [7, 11) is 0. The molecule has 11 aromatic rings. The highest BCUT2D eigenvalue weighted by atomic mass is 15.1. The summed E-state index contributed by atoms with van der Waals surface area (Å²) in [6.07, 6.45) is 0. The van der Waals surface area contributed by atoms with Crippen molar-refractivity contribution in [3.8, 4) is 50.2 Å². The van der Waals surface area contributed by atoms with E-state index in [1.807, 2.05) is 0 Å². The van der Waals surface area contributed by atoms with Crippen LogP contribution in [0.2, 0.25) is 0 Å². The molecule has 0 saturated carbocycles. The summed E-state index contributed by atoms with van der Waals surface area (Å²) >= 11 is 0. The van der Waals surface area contributed by atoms with Crippen molar-refractivity contribution in [1.29, 1.82) is 0 Å². The van der Waals surface area contributed by atoms with Crippen molar-refractivity contribution in [2.45, 2.75) is 0 Å². The smallest absolute Gasteiger partial charge is 0.0541 e. The number of fused-ring (bicyclic) bond motifs is 4. The van der Waals surface area contributed by atoms with Gasteiger partial charge in [-0.15, -0.1) is 0 Å². The van der Waals surface area contributed by atoms with Crippen LogP contribution < -0.4 is 4.90 Å². The summed E-state index contributed by atoms with van der Waals surface area (Å²) in [5.74, 6) is 0.